The Hall–Kier alpha value is -2.24. The van der Waals surface area contributed by atoms with Gasteiger partial charge in [-0.1, -0.05) is 36.1 Å². The van der Waals surface area contributed by atoms with Crippen LogP contribution in [0.25, 0.3) is 0 Å². The summed E-state index contributed by atoms with van der Waals surface area (Å²) in [5.74, 6) is 0.0443. The highest BCUT2D eigenvalue weighted by atomic mass is 32.2. The van der Waals surface area contributed by atoms with Gasteiger partial charge in [0.25, 0.3) is 11.8 Å². The van der Waals surface area contributed by atoms with Crippen molar-refractivity contribution in [1.29, 1.82) is 0 Å². The van der Waals surface area contributed by atoms with Gasteiger partial charge in [0.15, 0.2) is 10.0 Å². The number of anilines is 2. The molecule has 2 N–H and O–H groups in total. The molecule has 0 bridgehead atoms. The molecule has 2 amide bonds. The molecule has 0 fully saturated rings. The van der Waals surface area contributed by atoms with Crippen LogP contribution < -0.4 is 10.6 Å². The summed E-state index contributed by atoms with van der Waals surface area (Å²) in [4.78, 5) is 28.5. The van der Waals surface area contributed by atoms with Crippen molar-refractivity contribution < 1.29 is 14.0 Å². The number of nitrogens with one attached hydrogen (secondary N) is 2. The first kappa shape index (κ1) is 16.6. The highest BCUT2D eigenvalue weighted by Crippen LogP contribution is 2.25. The van der Waals surface area contributed by atoms with Crippen LogP contribution in [0.15, 0.2) is 32.5 Å². The maximum Gasteiger partial charge on any atom is 0.302 e. The Balaban J connectivity index is 1.61. The number of thiophene rings is 1. The quantitative estimate of drug-likeness (QED) is 0.498. The van der Waals surface area contributed by atoms with E-state index >= 15 is 0 Å². The van der Waals surface area contributed by atoms with E-state index in [2.05, 4.69) is 25.8 Å². The second kappa shape index (κ2) is 7.55. The molecule has 124 valence electrons. The van der Waals surface area contributed by atoms with Crippen LogP contribution in [0.2, 0.25) is 0 Å². The molecule has 8 nitrogen and oxygen atoms in total. The topological polar surface area (TPSA) is 110 Å². The number of hydrogen-bond donors (Lipinski definition) is 2. The predicted molar refractivity (Wildman–Crippen MR) is 93.0 cm³/mol. The van der Waals surface area contributed by atoms with E-state index < -0.39 is 5.91 Å². The van der Waals surface area contributed by atoms with Gasteiger partial charge in [0.2, 0.25) is 5.13 Å². The number of rotatable bonds is 6. The van der Waals surface area contributed by atoms with Crippen molar-refractivity contribution in [3.05, 3.63) is 34.3 Å². The lowest BCUT2D eigenvalue weighted by Crippen LogP contribution is -2.13. The minimum absolute atomic E-state index is 0.0383. The molecule has 0 saturated heterocycles. The van der Waals surface area contributed by atoms with Gasteiger partial charge in [0.05, 0.1) is 4.88 Å². The first-order valence-electron chi connectivity index (χ1n) is 6.73. The molecule has 0 atom stereocenters. The minimum Gasteiger partial charge on any atom is -0.431 e. The van der Waals surface area contributed by atoms with E-state index in [9.17, 15) is 9.59 Å². The smallest absolute Gasteiger partial charge is 0.302 e. The lowest BCUT2D eigenvalue weighted by molar-refractivity contribution is 0.101. The zero-order valence-corrected chi connectivity index (χ0v) is 14.8. The maximum absolute atomic E-state index is 12.1. The molecular weight excluding hydrogens is 370 g/mol. The van der Waals surface area contributed by atoms with Crippen LogP contribution in [0.5, 0.6) is 0 Å². The molecule has 0 aliphatic carbocycles. The van der Waals surface area contributed by atoms with Crippen LogP contribution in [-0.4, -0.2) is 32.7 Å². The van der Waals surface area contributed by atoms with Crippen molar-refractivity contribution >= 4 is 57.4 Å². The summed E-state index contributed by atoms with van der Waals surface area (Å²) < 4.78 is 5.87. The average Bonchev–Trinajstić information content (AvgIpc) is 3.28. The normalized spacial score (nSPS) is 10.5. The Kier molecular flexibility index (Phi) is 5.23. The van der Waals surface area contributed by atoms with E-state index in [0.29, 0.717) is 10.0 Å². The number of nitrogens with zero attached hydrogens (tertiary/aromatic N) is 3. The maximum atomic E-state index is 12.1. The van der Waals surface area contributed by atoms with Crippen LogP contribution in [0.3, 0.4) is 0 Å². The molecule has 3 aromatic heterocycles. The number of amides is 2. The van der Waals surface area contributed by atoms with Crippen molar-refractivity contribution in [3.8, 4) is 0 Å². The molecule has 24 heavy (non-hydrogen) atoms. The number of aromatic nitrogens is 3. The van der Waals surface area contributed by atoms with Gasteiger partial charge in [0.1, 0.15) is 6.26 Å². The summed E-state index contributed by atoms with van der Waals surface area (Å²) in [6.45, 7) is 2.01. The average molecular weight is 381 g/mol. The second-order valence-corrected chi connectivity index (χ2v) is 7.67. The van der Waals surface area contributed by atoms with Gasteiger partial charge >= 0.3 is 6.01 Å². The predicted octanol–water partition coefficient (Wildman–Crippen LogP) is 3.20. The highest BCUT2D eigenvalue weighted by molar-refractivity contribution is 8.01. The zero-order valence-electron chi connectivity index (χ0n) is 12.3. The monoisotopic (exact) mass is 381 g/mol. The third-order valence-corrected chi connectivity index (χ3v) is 5.32. The highest BCUT2D eigenvalue weighted by Gasteiger charge is 2.17. The SMILES string of the molecule is CCSc1nnc(NC(=O)c2coc(NC(=O)c3cccs3)n2)s1. The number of thioether (sulfide) groups is 1. The lowest BCUT2D eigenvalue weighted by Gasteiger charge is -1.97. The fourth-order valence-electron chi connectivity index (χ4n) is 1.61. The number of carbonyl (C=O) groups is 2. The fraction of sp³-hybridized carbons (Fsp3) is 0.154. The van der Waals surface area contributed by atoms with Crippen LogP contribution in [0.1, 0.15) is 27.1 Å². The van der Waals surface area contributed by atoms with Crippen molar-refractivity contribution in [1.82, 2.24) is 15.2 Å². The summed E-state index contributed by atoms with van der Waals surface area (Å²) in [5, 5.41) is 15.1. The Labute approximate surface area is 148 Å². The standard InChI is InChI=1S/C13H11N5O3S3/c1-2-22-13-18-17-12(24-13)16-9(19)7-6-21-11(14-7)15-10(20)8-4-3-5-23-8/h3-6H,2H2,1H3,(H,14,15,20)(H,16,17,19). The van der Waals surface area contributed by atoms with Crippen molar-refractivity contribution in [2.24, 2.45) is 0 Å². The Morgan fingerprint density at radius 3 is 2.92 bits per heavy atom. The third-order valence-electron chi connectivity index (χ3n) is 2.60. The van der Waals surface area contributed by atoms with Crippen LogP contribution >= 0.6 is 34.4 Å². The molecule has 11 heteroatoms. The molecule has 3 rings (SSSR count). The van der Waals surface area contributed by atoms with Crippen LogP contribution in [-0.2, 0) is 0 Å². The van der Waals surface area contributed by atoms with Crippen molar-refractivity contribution in [2.45, 2.75) is 11.3 Å². The van der Waals surface area contributed by atoms with Crippen LogP contribution in [0, 0.1) is 0 Å². The minimum atomic E-state index is -0.487. The second-order valence-electron chi connectivity index (χ2n) is 4.23. The molecule has 0 spiro atoms. The van der Waals surface area contributed by atoms with E-state index in [1.165, 1.54) is 28.9 Å². The summed E-state index contributed by atoms with van der Waals surface area (Å²) in [7, 11) is 0. The summed E-state index contributed by atoms with van der Waals surface area (Å²) in [5.41, 5.74) is 0.0383. The van der Waals surface area contributed by atoms with Crippen molar-refractivity contribution in [3.63, 3.8) is 0 Å². The summed E-state index contributed by atoms with van der Waals surface area (Å²) in [6.07, 6.45) is 1.17. The van der Waals surface area contributed by atoms with Gasteiger partial charge in [-0.2, -0.15) is 4.98 Å². The Bertz CT molecular complexity index is 843. The van der Waals surface area contributed by atoms with Gasteiger partial charge in [-0.05, 0) is 17.2 Å². The Morgan fingerprint density at radius 1 is 1.29 bits per heavy atom. The molecule has 0 aromatic carbocycles. The lowest BCUT2D eigenvalue weighted by atomic mass is 10.4. The van der Waals surface area contributed by atoms with Gasteiger partial charge in [-0.25, -0.2) is 0 Å². The van der Waals surface area contributed by atoms with Gasteiger partial charge < -0.3 is 4.42 Å². The summed E-state index contributed by atoms with van der Waals surface area (Å²) in [6, 6.07) is 3.40. The number of carbonyl (C=O) groups excluding carboxylic acids is 2. The number of oxazole rings is 1. The third kappa shape index (κ3) is 3.99. The first-order valence-corrected chi connectivity index (χ1v) is 9.42. The van der Waals surface area contributed by atoms with E-state index in [-0.39, 0.29) is 17.6 Å². The van der Waals surface area contributed by atoms with Crippen molar-refractivity contribution in [2.75, 3.05) is 16.4 Å². The van der Waals surface area contributed by atoms with E-state index in [4.69, 9.17) is 4.42 Å². The molecule has 0 unspecified atom stereocenters. The van der Waals surface area contributed by atoms with Crippen LogP contribution in [0.4, 0.5) is 11.1 Å². The zero-order chi connectivity index (χ0) is 16.9. The molecule has 0 aliphatic heterocycles. The van der Waals surface area contributed by atoms with E-state index in [1.54, 1.807) is 29.3 Å². The molecule has 0 saturated carbocycles. The largest absolute Gasteiger partial charge is 0.431 e. The number of hydrogen-bond acceptors (Lipinski definition) is 9. The van der Waals surface area contributed by atoms with Gasteiger partial charge in [-0.15, -0.1) is 21.5 Å². The Morgan fingerprint density at radius 2 is 2.17 bits per heavy atom. The molecular formula is C13H11N5O3S3. The van der Waals surface area contributed by atoms with E-state index in [1.807, 2.05) is 6.92 Å². The fourth-order valence-corrected chi connectivity index (χ4v) is 3.87. The van der Waals surface area contributed by atoms with Gasteiger partial charge in [-0.3, -0.25) is 20.2 Å². The van der Waals surface area contributed by atoms with E-state index in [0.717, 1.165) is 10.1 Å². The van der Waals surface area contributed by atoms with Gasteiger partial charge in [0, 0.05) is 0 Å². The molecule has 0 aliphatic rings. The molecule has 0 radical (unpaired) electrons. The summed E-state index contributed by atoms with van der Waals surface area (Å²) >= 11 is 4.11. The molecule has 3 aromatic rings. The molecule has 3 heterocycles. The first-order chi connectivity index (χ1) is 11.7.